The normalized spacial score (nSPS) is 10.8. The van der Waals surface area contributed by atoms with Crippen LogP contribution in [0.25, 0.3) is 6.08 Å². The van der Waals surface area contributed by atoms with Crippen molar-refractivity contribution in [3.05, 3.63) is 173 Å². The molecule has 0 amide bonds. The summed E-state index contributed by atoms with van der Waals surface area (Å²) < 4.78 is 28.2. The van der Waals surface area contributed by atoms with Gasteiger partial charge in [0.1, 0.15) is 24.8 Å². The van der Waals surface area contributed by atoms with E-state index in [0.717, 1.165) is 116 Å². The van der Waals surface area contributed by atoms with E-state index in [0.29, 0.717) is 20.0 Å². The third kappa shape index (κ3) is 108. The van der Waals surface area contributed by atoms with Crippen LogP contribution in [0, 0.1) is 35.5 Å². The predicted octanol–water partition coefficient (Wildman–Crippen LogP) is 35.7. The summed E-state index contributed by atoms with van der Waals surface area (Å²) in [5, 5.41) is 0. The summed E-state index contributed by atoms with van der Waals surface area (Å²) >= 11 is 0. The number of allylic oxidation sites excluding steroid dienone is 1. The van der Waals surface area contributed by atoms with Crippen LogP contribution in [0.15, 0.2) is 140 Å². The first-order chi connectivity index (χ1) is 51.7. The van der Waals surface area contributed by atoms with Gasteiger partial charge in [0, 0.05) is 38.4 Å². The number of fused-ring (bicyclic) bond motifs is 6. The number of hydrogen-bond acceptors (Lipinski definition) is 7. The van der Waals surface area contributed by atoms with Crippen molar-refractivity contribution in [3.8, 4) is 28.7 Å². The zero-order valence-corrected chi connectivity index (χ0v) is 79.9. The Morgan fingerprint density at radius 1 is 0.321 bits per heavy atom. The van der Waals surface area contributed by atoms with E-state index in [4.69, 9.17) is 23.7 Å². The molecular formula is C104H205N3O5. The number of aryl methyl sites for hydroxylation is 3. The SMILES string of the molecule is C.C.C.C.C1=Cc2nccn2CC1.CC.CC.CC.CC.CC.CC.CC(C)C.CC(C)C.CC(C)C.CC(C)C.CC(C)C.CC(C)C.CCC.CCC.CCC.CCC.CCC.CCN1Cc2ccccc2C1.c1ccc2c(c1)CCC2.c1ccc2c(c1)CCO2.c1ccc2c(c1)OCCO2.c1ccc2c(c1)OCO2. The maximum Gasteiger partial charge on any atom is 0.231 e. The van der Waals surface area contributed by atoms with E-state index in [9.17, 15) is 0 Å². The van der Waals surface area contributed by atoms with Gasteiger partial charge in [-0.1, -0.05) is 443 Å². The van der Waals surface area contributed by atoms with Crippen molar-refractivity contribution in [1.82, 2.24) is 14.5 Å². The van der Waals surface area contributed by atoms with Crippen molar-refractivity contribution >= 4 is 6.08 Å². The van der Waals surface area contributed by atoms with Crippen LogP contribution in [0.3, 0.4) is 0 Å². The van der Waals surface area contributed by atoms with Gasteiger partial charge in [-0.25, -0.2) is 4.98 Å². The molecule has 6 heterocycles. The summed E-state index contributed by atoms with van der Waals surface area (Å²) in [6, 6.07) is 40.9. The van der Waals surface area contributed by atoms with Crippen LogP contribution in [0.1, 0.15) is 392 Å². The quantitative estimate of drug-likeness (QED) is 0.162. The summed E-state index contributed by atoms with van der Waals surface area (Å²) in [5.41, 5.74) is 7.50. The third-order valence-corrected chi connectivity index (χ3v) is 10.2. The Morgan fingerprint density at radius 2 is 0.571 bits per heavy atom. The van der Waals surface area contributed by atoms with Gasteiger partial charge in [0.05, 0.1) is 6.61 Å². The molecule has 6 aliphatic rings. The molecule has 0 spiro atoms. The van der Waals surface area contributed by atoms with Gasteiger partial charge in [0.2, 0.25) is 6.79 Å². The molecule has 1 aliphatic carbocycles. The van der Waals surface area contributed by atoms with Crippen LogP contribution < -0.4 is 23.7 Å². The van der Waals surface area contributed by atoms with Crippen LogP contribution >= 0.6 is 0 Å². The van der Waals surface area contributed by atoms with Crippen LogP contribution in [0.2, 0.25) is 0 Å². The topological polar surface area (TPSA) is 67.2 Å². The van der Waals surface area contributed by atoms with Gasteiger partial charge < -0.3 is 28.3 Å². The zero-order valence-electron chi connectivity index (χ0n) is 79.9. The Balaban J connectivity index is -0.0000000692. The number of imidazole rings is 1. The molecule has 0 saturated heterocycles. The maximum absolute atomic E-state index is 5.30. The zero-order chi connectivity index (χ0) is 85.9. The molecule has 112 heavy (non-hydrogen) atoms. The van der Waals surface area contributed by atoms with Gasteiger partial charge in [0.15, 0.2) is 23.0 Å². The number of ether oxygens (including phenoxy) is 5. The maximum atomic E-state index is 5.30. The summed E-state index contributed by atoms with van der Waals surface area (Å²) in [6.07, 6.45) is 20.5. The first-order valence-corrected chi connectivity index (χ1v) is 43.6. The molecule has 5 aromatic carbocycles. The summed E-state index contributed by atoms with van der Waals surface area (Å²) in [6.45, 7) is 93.6. The molecule has 0 fully saturated rings. The van der Waals surface area contributed by atoms with Crippen molar-refractivity contribution in [1.29, 1.82) is 0 Å². The summed E-state index contributed by atoms with van der Waals surface area (Å²) in [4.78, 5) is 6.58. The minimum Gasteiger partial charge on any atom is -0.493 e. The molecule has 0 radical (unpaired) electrons. The highest BCUT2D eigenvalue weighted by atomic mass is 16.7. The molecule has 0 bridgehead atoms. The molecule has 6 aromatic rings. The van der Waals surface area contributed by atoms with Gasteiger partial charge in [-0.05, 0) is 132 Å². The number of rotatable bonds is 1. The van der Waals surface area contributed by atoms with Crippen molar-refractivity contribution in [2.45, 2.75) is 397 Å². The molecule has 8 heteroatoms. The molecule has 0 atom stereocenters. The molecule has 12 rings (SSSR count). The van der Waals surface area contributed by atoms with E-state index in [1.165, 1.54) is 68.1 Å². The minimum atomic E-state index is 0. The van der Waals surface area contributed by atoms with Gasteiger partial charge in [0.25, 0.3) is 0 Å². The van der Waals surface area contributed by atoms with Crippen LogP contribution in [0.5, 0.6) is 28.7 Å². The first kappa shape index (κ1) is 141. The molecule has 0 unspecified atom stereocenters. The standard InChI is InChI=1S/C10H13N.C9H10.C8H8O2.C8H8O.C7H8N2.C7H6O2.6C4H10.5C3H8.6C2H6.4CH4/c1-2-11-7-9-5-3-4-6-10(9)8-11;1-2-5-9-7-3-6-8(9)4-1;1-2-4-8-7(3-1)9-5-6-10-8;1-2-4-8-7(3-1)5-6-9-8;1-2-5-9-6-4-8-7(9)3-1;1-2-4-7-6(3-1)8-5-9-7;6*1-4(2)3;5*1-3-2;6*1-2;;;;/h3-6H,2,7-8H2,1H3;1-2,4-5H,3,6-7H2;1-4H,5-6H2;1-4H,5-6H2;1,3-4,6H,2,5H2;1-4H,5H2;6*4H,1-3H3;5*3H2,1-2H3;6*1-2H3;4*1H4. The summed E-state index contributed by atoms with van der Waals surface area (Å²) in [7, 11) is 0. The highest BCUT2D eigenvalue weighted by Crippen LogP contribution is 2.31. The third-order valence-electron chi connectivity index (χ3n) is 10.2. The fourth-order valence-corrected chi connectivity index (χ4v) is 7.17. The van der Waals surface area contributed by atoms with E-state index >= 15 is 0 Å². The number of para-hydroxylation sites is 5. The van der Waals surface area contributed by atoms with Gasteiger partial charge in [-0.15, -0.1) is 0 Å². The van der Waals surface area contributed by atoms with E-state index in [-0.39, 0.29) is 29.7 Å². The smallest absolute Gasteiger partial charge is 0.231 e. The molecule has 8 nitrogen and oxygen atoms in total. The Morgan fingerprint density at radius 3 is 0.848 bits per heavy atom. The molecule has 0 saturated carbocycles. The van der Waals surface area contributed by atoms with E-state index in [1.807, 2.05) is 162 Å². The second kappa shape index (κ2) is 116. The van der Waals surface area contributed by atoms with Crippen LogP contribution in [0.4, 0.5) is 0 Å². The average molecular weight is 1580 g/mol. The van der Waals surface area contributed by atoms with E-state index < -0.39 is 0 Å². The number of nitrogens with zero attached hydrogens (tertiary/aromatic N) is 3. The van der Waals surface area contributed by atoms with Crippen molar-refractivity contribution < 1.29 is 23.7 Å². The van der Waals surface area contributed by atoms with E-state index in [1.54, 1.807) is 11.1 Å². The highest BCUT2D eigenvalue weighted by Gasteiger charge is 2.16. The van der Waals surface area contributed by atoms with Crippen molar-refractivity contribution in [3.63, 3.8) is 0 Å². The first-order valence-electron chi connectivity index (χ1n) is 43.6. The second-order valence-electron chi connectivity index (χ2n) is 28.0. The predicted molar refractivity (Wildman–Crippen MR) is 524 cm³/mol. The van der Waals surface area contributed by atoms with Gasteiger partial charge in [-0.2, -0.15) is 0 Å². The number of benzene rings is 5. The second-order valence-corrected chi connectivity index (χ2v) is 28.0. The monoisotopic (exact) mass is 1580 g/mol. The molecule has 666 valence electrons. The largest absolute Gasteiger partial charge is 0.493 e. The van der Waals surface area contributed by atoms with Gasteiger partial charge in [-0.3, -0.25) is 4.90 Å². The molecular weight excluding hydrogens is 1370 g/mol. The van der Waals surface area contributed by atoms with E-state index in [2.05, 4.69) is 282 Å². The lowest BCUT2D eigenvalue weighted by atomic mass is 10.1. The lowest BCUT2D eigenvalue weighted by Gasteiger charge is -2.17. The molecule has 0 N–H and O–H groups in total. The number of aromatic nitrogens is 2. The summed E-state index contributed by atoms with van der Waals surface area (Å²) in [5.74, 6) is 10.6. The Hall–Kier alpha value is -5.99. The average Bonchev–Trinajstić information content (AvgIpc) is 1.70. The molecule has 1 aromatic heterocycles. The lowest BCUT2D eigenvalue weighted by molar-refractivity contribution is 0.171. The molecule has 5 aliphatic heterocycles. The van der Waals surface area contributed by atoms with Crippen molar-refractivity contribution in [2.24, 2.45) is 35.5 Å². The Kier molecular flexibility index (Phi) is 146. The Labute approximate surface area is 708 Å². The fourth-order valence-electron chi connectivity index (χ4n) is 7.17. The van der Waals surface area contributed by atoms with Crippen LogP contribution in [-0.2, 0) is 38.9 Å². The Bertz CT molecular complexity index is 2270. The number of hydrogen-bond donors (Lipinski definition) is 0. The minimum absolute atomic E-state index is 0. The highest BCUT2D eigenvalue weighted by molar-refractivity contribution is 5.43. The van der Waals surface area contributed by atoms with Gasteiger partial charge >= 0.3 is 0 Å². The fraction of sp³-hybridized carbons (Fsp3) is 0.663. The van der Waals surface area contributed by atoms with Crippen LogP contribution in [-0.4, -0.2) is 47.6 Å². The van der Waals surface area contributed by atoms with Crippen molar-refractivity contribution in [2.75, 3.05) is 33.2 Å². The lowest BCUT2D eigenvalue weighted by Crippen LogP contribution is -2.14.